The molecule has 1 aromatic rings. The molecule has 1 aliphatic rings. The van der Waals surface area contributed by atoms with Gasteiger partial charge in [0.05, 0.1) is 0 Å². The quantitative estimate of drug-likeness (QED) is 0.793. The number of aromatic nitrogens is 1. The van der Waals surface area contributed by atoms with E-state index in [1.807, 2.05) is 13.0 Å². The normalized spacial score (nSPS) is 17.5. The van der Waals surface area contributed by atoms with Crippen LogP contribution < -0.4 is 11.1 Å². The largest absolute Gasteiger partial charge is 0.367 e. The maximum absolute atomic E-state index is 6.00. The summed E-state index contributed by atoms with van der Waals surface area (Å²) in [5, 5.41) is 3.39. The Morgan fingerprint density at radius 2 is 2.27 bits per heavy atom. The third-order valence-corrected chi connectivity index (χ3v) is 2.90. The van der Waals surface area contributed by atoms with Gasteiger partial charge in [0.25, 0.3) is 0 Å². The number of rotatable bonds is 4. The maximum atomic E-state index is 6.00. The van der Waals surface area contributed by atoms with Crippen molar-refractivity contribution in [1.29, 1.82) is 0 Å². The van der Waals surface area contributed by atoms with E-state index in [0.717, 1.165) is 17.9 Å². The topological polar surface area (TPSA) is 50.9 Å². The van der Waals surface area contributed by atoms with Crippen LogP contribution in [0.3, 0.4) is 0 Å². The Bertz CT molecular complexity index is 345. The number of anilines is 1. The fraction of sp³-hybridized carbons (Fsp3) is 0.583. The summed E-state index contributed by atoms with van der Waals surface area (Å²) in [5.41, 5.74) is 8.21. The standard InChI is InChI=1S/C12H19N3/c1-3-11(13)10-6-7-12(14-8(10)2)15-9-4-5-9/h6-7,9,11H,3-5,13H2,1-2H3,(H,14,15). The molecule has 1 atom stereocenters. The third-order valence-electron chi connectivity index (χ3n) is 2.90. The van der Waals surface area contributed by atoms with Gasteiger partial charge in [0.15, 0.2) is 0 Å². The molecule has 1 saturated carbocycles. The molecule has 0 spiro atoms. The first-order chi connectivity index (χ1) is 7.20. The van der Waals surface area contributed by atoms with Crippen molar-refractivity contribution in [2.24, 2.45) is 5.73 Å². The number of pyridine rings is 1. The van der Waals surface area contributed by atoms with E-state index in [-0.39, 0.29) is 6.04 Å². The first-order valence-electron chi connectivity index (χ1n) is 5.70. The molecule has 0 bridgehead atoms. The molecule has 3 N–H and O–H groups in total. The predicted molar refractivity (Wildman–Crippen MR) is 62.8 cm³/mol. The second-order valence-electron chi connectivity index (χ2n) is 4.30. The molecule has 0 aliphatic heterocycles. The highest BCUT2D eigenvalue weighted by atomic mass is 15.0. The van der Waals surface area contributed by atoms with Gasteiger partial charge in [-0.25, -0.2) is 4.98 Å². The zero-order valence-electron chi connectivity index (χ0n) is 9.46. The number of nitrogens with two attached hydrogens (primary N) is 1. The lowest BCUT2D eigenvalue weighted by Crippen LogP contribution is -2.12. The van der Waals surface area contributed by atoms with E-state index >= 15 is 0 Å². The molecule has 15 heavy (non-hydrogen) atoms. The summed E-state index contributed by atoms with van der Waals surface area (Å²) < 4.78 is 0. The van der Waals surface area contributed by atoms with Crippen LogP contribution in [-0.4, -0.2) is 11.0 Å². The molecule has 3 nitrogen and oxygen atoms in total. The van der Waals surface area contributed by atoms with Gasteiger partial charge in [0, 0.05) is 17.8 Å². The summed E-state index contributed by atoms with van der Waals surface area (Å²) in [6, 6.07) is 4.91. The number of hydrogen-bond donors (Lipinski definition) is 2. The average Bonchev–Trinajstić information content (AvgIpc) is 3.01. The average molecular weight is 205 g/mol. The molecule has 3 heteroatoms. The molecule has 1 aromatic heterocycles. The third kappa shape index (κ3) is 2.48. The molecular weight excluding hydrogens is 186 g/mol. The molecule has 0 saturated heterocycles. The highest BCUT2D eigenvalue weighted by Crippen LogP contribution is 2.25. The Labute approximate surface area is 91.1 Å². The number of hydrogen-bond acceptors (Lipinski definition) is 3. The van der Waals surface area contributed by atoms with E-state index in [9.17, 15) is 0 Å². The molecule has 1 unspecified atom stereocenters. The van der Waals surface area contributed by atoms with Crippen LogP contribution >= 0.6 is 0 Å². The molecule has 2 rings (SSSR count). The first-order valence-corrected chi connectivity index (χ1v) is 5.70. The summed E-state index contributed by atoms with van der Waals surface area (Å²) >= 11 is 0. The Morgan fingerprint density at radius 3 is 2.80 bits per heavy atom. The Morgan fingerprint density at radius 1 is 1.53 bits per heavy atom. The van der Waals surface area contributed by atoms with E-state index in [2.05, 4.69) is 23.3 Å². The minimum absolute atomic E-state index is 0.118. The van der Waals surface area contributed by atoms with Crippen LogP contribution in [-0.2, 0) is 0 Å². The van der Waals surface area contributed by atoms with Crippen molar-refractivity contribution in [3.8, 4) is 0 Å². The fourth-order valence-corrected chi connectivity index (χ4v) is 1.70. The second kappa shape index (κ2) is 4.19. The van der Waals surface area contributed by atoms with Gasteiger partial charge in [-0.1, -0.05) is 13.0 Å². The molecule has 82 valence electrons. The number of nitrogens with one attached hydrogen (secondary N) is 1. The molecule has 0 radical (unpaired) electrons. The molecule has 1 fully saturated rings. The fourth-order valence-electron chi connectivity index (χ4n) is 1.70. The summed E-state index contributed by atoms with van der Waals surface area (Å²) in [4.78, 5) is 4.53. The Kier molecular flexibility index (Phi) is 2.91. The van der Waals surface area contributed by atoms with Crippen molar-refractivity contribution in [2.45, 2.75) is 45.2 Å². The lowest BCUT2D eigenvalue weighted by molar-refractivity contribution is 0.689. The highest BCUT2D eigenvalue weighted by molar-refractivity contribution is 5.41. The minimum Gasteiger partial charge on any atom is -0.367 e. The number of aryl methyl sites for hydroxylation is 1. The van der Waals surface area contributed by atoms with E-state index in [0.29, 0.717) is 6.04 Å². The van der Waals surface area contributed by atoms with Gasteiger partial charge < -0.3 is 11.1 Å². The van der Waals surface area contributed by atoms with Gasteiger partial charge in [0.2, 0.25) is 0 Å². The van der Waals surface area contributed by atoms with Crippen LogP contribution in [0.15, 0.2) is 12.1 Å². The maximum Gasteiger partial charge on any atom is 0.126 e. The molecular formula is C12H19N3. The van der Waals surface area contributed by atoms with Crippen molar-refractivity contribution < 1.29 is 0 Å². The molecule has 0 aromatic carbocycles. The van der Waals surface area contributed by atoms with Gasteiger partial charge in [-0.05, 0) is 37.8 Å². The minimum atomic E-state index is 0.118. The smallest absolute Gasteiger partial charge is 0.126 e. The van der Waals surface area contributed by atoms with Gasteiger partial charge in [-0.2, -0.15) is 0 Å². The van der Waals surface area contributed by atoms with Crippen molar-refractivity contribution in [3.05, 3.63) is 23.4 Å². The summed E-state index contributed by atoms with van der Waals surface area (Å²) in [7, 11) is 0. The zero-order valence-corrected chi connectivity index (χ0v) is 9.46. The summed E-state index contributed by atoms with van der Waals surface area (Å²) in [5.74, 6) is 0.988. The SMILES string of the molecule is CCC(N)c1ccc(NC2CC2)nc1C. The van der Waals surface area contributed by atoms with E-state index in [1.165, 1.54) is 18.4 Å². The van der Waals surface area contributed by atoms with Crippen LogP contribution in [0.1, 0.15) is 43.5 Å². The van der Waals surface area contributed by atoms with Gasteiger partial charge in [-0.3, -0.25) is 0 Å². The van der Waals surface area contributed by atoms with Crippen LogP contribution in [0.25, 0.3) is 0 Å². The van der Waals surface area contributed by atoms with Crippen molar-refractivity contribution in [2.75, 3.05) is 5.32 Å². The lowest BCUT2D eigenvalue weighted by atomic mass is 10.0. The van der Waals surface area contributed by atoms with Crippen LogP contribution in [0, 0.1) is 6.92 Å². The van der Waals surface area contributed by atoms with Crippen LogP contribution in [0.2, 0.25) is 0 Å². The second-order valence-corrected chi connectivity index (χ2v) is 4.30. The van der Waals surface area contributed by atoms with Gasteiger partial charge in [0.1, 0.15) is 5.82 Å². The van der Waals surface area contributed by atoms with Crippen molar-refractivity contribution in [3.63, 3.8) is 0 Å². The molecule has 0 amide bonds. The van der Waals surface area contributed by atoms with Gasteiger partial charge >= 0.3 is 0 Å². The van der Waals surface area contributed by atoms with Crippen molar-refractivity contribution >= 4 is 5.82 Å². The first kappa shape index (κ1) is 10.4. The molecule has 1 aliphatic carbocycles. The van der Waals surface area contributed by atoms with E-state index in [4.69, 9.17) is 5.73 Å². The van der Waals surface area contributed by atoms with E-state index in [1.54, 1.807) is 0 Å². The van der Waals surface area contributed by atoms with Crippen molar-refractivity contribution in [1.82, 2.24) is 4.98 Å². The summed E-state index contributed by atoms with van der Waals surface area (Å²) in [6.07, 6.45) is 3.51. The van der Waals surface area contributed by atoms with E-state index < -0.39 is 0 Å². The Balaban J connectivity index is 2.13. The number of nitrogens with zero attached hydrogens (tertiary/aromatic N) is 1. The predicted octanol–water partition coefficient (Wildman–Crippen LogP) is 2.37. The Hall–Kier alpha value is -1.09. The summed E-state index contributed by atoms with van der Waals surface area (Å²) in [6.45, 7) is 4.13. The zero-order chi connectivity index (χ0) is 10.8. The highest BCUT2D eigenvalue weighted by Gasteiger charge is 2.21. The monoisotopic (exact) mass is 205 g/mol. The molecule has 1 heterocycles. The van der Waals surface area contributed by atoms with Crippen LogP contribution in [0.4, 0.5) is 5.82 Å². The van der Waals surface area contributed by atoms with Crippen LogP contribution in [0.5, 0.6) is 0 Å². The van der Waals surface area contributed by atoms with Gasteiger partial charge in [-0.15, -0.1) is 0 Å². The lowest BCUT2D eigenvalue weighted by Gasteiger charge is -2.13.